The van der Waals surface area contributed by atoms with Gasteiger partial charge < -0.3 is 5.11 Å². The molecule has 0 amide bonds. The van der Waals surface area contributed by atoms with Crippen molar-refractivity contribution in [2.45, 2.75) is 18.4 Å². The number of hydrogen-bond donors (Lipinski definition) is 2. The summed E-state index contributed by atoms with van der Waals surface area (Å²) in [6.07, 6.45) is 1.58. The van der Waals surface area contributed by atoms with E-state index in [1.807, 2.05) is 0 Å². The van der Waals surface area contributed by atoms with Crippen molar-refractivity contribution in [3.8, 4) is 0 Å². The lowest BCUT2D eigenvalue weighted by molar-refractivity contribution is 0.0696. The van der Waals surface area contributed by atoms with Crippen LogP contribution in [0.3, 0.4) is 0 Å². The minimum absolute atomic E-state index is 0.0260. The molecule has 0 unspecified atom stereocenters. The van der Waals surface area contributed by atoms with E-state index in [1.165, 1.54) is 23.5 Å². The van der Waals surface area contributed by atoms with Gasteiger partial charge in [0.05, 0.1) is 16.0 Å². The second-order valence-electron chi connectivity index (χ2n) is 4.08. The number of carboxylic acid groups (broad SMARTS) is 1. The monoisotopic (exact) mass is 312 g/mol. The number of hydrogen-bond acceptors (Lipinski definition) is 5. The quantitative estimate of drug-likeness (QED) is 0.874. The maximum Gasteiger partial charge on any atom is 0.335 e. The Labute approximate surface area is 120 Å². The standard InChI is InChI=1S/C12H12N2O4S2/c1-8-2-3-9(12(15)16)4-11(8)20(17,18)14-6-10-5-13-7-19-10/h2-5,7,14H,6H2,1H3,(H,15,16). The van der Waals surface area contributed by atoms with E-state index in [2.05, 4.69) is 9.71 Å². The van der Waals surface area contributed by atoms with Crippen LogP contribution < -0.4 is 4.72 Å². The second-order valence-corrected chi connectivity index (χ2v) is 6.78. The highest BCUT2D eigenvalue weighted by Crippen LogP contribution is 2.18. The summed E-state index contributed by atoms with van der Waals surface area (Å²) in [7, 11) is -3.76. The number of rotatable bonds is 5. The predicted molar refractivity (Wildman–Crippen MR) is 74.3 cm³/mol. The largest absolute Gasteiger partial charge is 0.478 e. The van der Waals surface area contributed by atoms with Crippen molar-refractivity contribution in [1.82, 2.24) is 9.71 Å². The Kier molecular flexibility index (Phi) is 4.17. The second kappa shape index (κ2) is 5.70. The van der Waals surface area contributed by atoms with Gasteiger partial charge in [0.1, 0.15) is 0 Å². The molecule has 0 aliphatic carbocycles. The maximum atomic E-state index is 12.2. The van der Waals surface area contributed by atoms with Gasteiger partial charge in [0.2, 0.25) is 10.0 Å². The fourth-order valence-electron chi connectivity index (χ4n) is 1.60. The minimum atomic E-state index is -3.76. The molecule has 20 heavy (non-hydrogen) atoms. The normalized spacial score (nSPS) is 11.4. The molecule has 2 aromatic rings. The van der Waals surface area contributed by atoms with Crippen LogP contribution in [0, 0.1) is 6.92 Å². The van der Waals surface area contributed by atoms with Crippen LogP contribution in [0.5, 0.6) is 0 Å². The number of nitrogens with zero attached hydrogens (tertiary/aromatic N) is 1. The first-order valence-corrected chi connectivity index (χ1v) is 7.97. The third-order valence-corrected chi connectivity index (χ3v) is 4.97. The first-order valence-electron chi connectivity index (χ1n) is 5.61. The Morgan fingerprint density at radius 2 is 2.20 bits per heavy atom. The highest BCUT2D eigenvalue weighted by molar-refractivity contribution is 7.89. The lowest BCUT2D eigenvalue weighted by Gasteiger charge is -2.09. The molecule has 0 saturated heterocycles. The Morgan fingerprint density at radius 1 is 1.45 bits per heavy atom. The summed E-state index contributed by atoms with van der Waals surface area (Å²) in [5.41, 5.74) is 2.04. The molecule has 0 bridgehead atoms. The van der Waals surface area contributed by atoms with Crippen LogP contribution in [0.1, 0.15) is 20.8 Å². The highest BCUT2D eigenvalue weighted by Gasteiger charge is 2.18. The van der Waals surface area contributed by atoms with Gasteiger partial charge in [0.15, 0.2) is 0 Å². The number of nitrogens with one attached hydrogen (secondary N) is 1. The van der Waals surface area contributed by atoms with Crippen LogP contribution in [-0.2, 0) is 16.6 Å². The Morgan fingerprint density at radius 3 is 2.80 bits per heavy atom. The van der Waals surface area contributed by atoms with Crippen LogP contribution in [0.15, 0.2) is 34.8 Å². The van der Waals surface area contributed by atoms with E-state index in [4.69, 9.17) is 5.11 Å². The zero-order valence-electron chi connectivity index (χ0n) is 10.5. The first kappa shape index (κ1) is 14.6. The Balaban J connectivity index is 2.28. The van der Waals surface area contributed by atoms with Crippen molar-refractivity contribution < 1.29 is 18.3 Å². The van der Waals surface area contributed by atoms with Gasteiger partial charge in [-0.2, -0.15) is 0 Å². The van der Waals surface area contributed by atoms with Gasteiger partial charge in [-0.3, -0.25) is 4.98 Å². The van der Waals surface area contributed by atoms with Crippen molar-refractivity contribution in [2.75, 3.05) is 0 Å². The molecule has 0 radical (unpaired) electrons. The van der Waals surface area contributed by atoms with E-state index in [1.54, 1.807) is 18.6 Å². The van der Waals surface area contributed by atoms with Gasteiger partial charge in [0, 0.05) is 17.6 Å². The molecule has 1 heterocycles. The number of benzene rings is 1. The van der Waals surface area contributed by atoms with Gasteiger partial charge in [-0.05, 0) is 24.6 Å². The van der Waals surface area contributed by atoms with E-state index >= 15 is 0 Å². The van der Waals surface area contributed by atoms with Crippen molar-refractivity contribution in [1.29, 1.82) is 0 Å². The fourth-order valence-corrected chi connectivity index (χ4v) is 3.50. The SMILES string of the molecule is Cc1ccc(C(=O)O)cc1S(=O)(=O)NCc1cncs1. The molecule has 1 aromatic carbocycles. The number of carbonyl (C=O) groups is 1. The Bertz CT molecular complexity index is 724. The van der Waals surface area contributed by atoms with Crippen molar-refractivity contribution >= 4 is 27.3 Å². The molecule has 0 saturated carbocycles. The molecule has 8 heteroatoms. The average molecular weight is 312 g/mol. The van der Waals surface area contributed by atoms with Gasteiger partial charge in [-0.15, -0.1) is 11.3 Å². The van der Waals surface area contributed by atoms with Crippen molar-refractivity contribution in [3.05, 3.63) is 45.9 Å². The fraction of sp³-hybridized carbons (Fsp3) is 0.167. The summed E-state index contributed by atoms with van der Waals surface area (Å²) in [6, 6.07) is 4.01. The number of sulfonamides is 1. The summed E-state index contributed by atoms with van der Waals surface area (Å²) in [5.74, 6) is -1.16. The molecular weight excluding hydrogens is 300 g/mol. The van der Waals surface area contributed by atoms with E-state index in [0.717, 1.165) is 10.9 Å². The van der Waals surface area contributed by atoms with Crippen LogP contribution in [0.25, 0.3) is 0 Å². The molecule has 1 aromatic heterocycles. The zero-order chi connectivity index (χ0) is 14.8. The number of thiazole rings is 1. The van der Waals surface area contributed by atoms with Crippen LogP contribution in [0.2, 0.25) is 0 Å². The number of aromatic nitrogens is 1. The van der Waals surface area contributed by atoms with Crippen LogP contribution >= 0.6 is 11.3 Å². The van der Waals surface area contributed by atoms with E-state index in [-0.39, 0.29) is 17.0 Å². The lowest BCUT2D eigenvalue weighted by Crippen LogP contribution is -2.24. The molecule has 0 atom stereocenters. The summed E-state index contributed by atoms with van der Waals surface area (Å²) in [4.78, 5) is 15.5. The van der Waals surface area contributed by atoms with Gasteiger partial charge in [0.25, 0.3) is 0 Å². The Hall–Kier alpha value is -1.77. The molecule has 0 aliphatic heterocycles. The molecule has 2 N–H and O–H groups in total. The number of aryl methyl sites for hydroxylation is 1. The van der Waals surface area contributed by atoms with Gasteiger partial charge >= 0.3 is 5.97 Å². The van der Waals surface area contributed by atoms with Gasteiger partial charge in [-0.1, -0.05) is 6.07 Å². The molecular formula is C12H12N2O4S2. The molecule has 0 fully saturated rings. The minimum Gasteiger partial charge on any atom is -0.478 e. The predicted octanol–water partition coefficient (Wildman–Crippen LogP) is 1.63. The molecule has 106 valence electrons. The summed E-state index contributed by atoms with van der Waals surface area (Å²) in [5, 5.41) is 8.92. The van der Waals surface area contributed by atoms with Gasteiger partial charge in [-0.25, -0.2) is 17.9 Å². The smallest absolute Gasteiger partial charge is 0.335 e. The zero-order valence-corrected chi connectivity index (χ0v) is 12.2. The number of carboxylic acids is 1. The highest BCUT2D eigenvalue weighted by atomic mass is 32.2. The number of aromatic carboxylic acids is 1. The average Bonchev–Trinajstić information content (AvgIpc) is 2.89. The third kappa shape index (κ3) is 3.21. The topological polar surface area (TPSA) is 96.4 Å². The van der Waals surface area contributed by atoms with Crippen LogP contribution in [-0.4, -0.2) is 24.5 Å². The summed E-state index contributed by atoms with van der Waals surface area (Å²) >= 11 is 1.34. The molecule has 6 nitrogen and oxygen atoms in total. The van der Waals surface area contributed by atoms with E-state index in [9.17, 15) is 13.2 Å². The molecule has 2 rings (SSSR count). The van der Waals surface area contributed by atoms with Crippen LogP contribution in [0.4, 0.5) is 0 Å². The lowest BCUT2D eigenvalue weighted by atomic mass is 10.1. The summed E-state index contributed by atoms with van der Waals surface area (Å²) in [6.45, 7) is 1.75. The van der Waals surface area contributed by atoms with Crippen molar-refractivity contribution in [3.63, 3.8) is 0 Å². The molecule has 0 spiro atoms. The molecule has 0 aliphatic rings. The summed E-state index contributed by atoms with van der Waals surface area (Å²) < 4.78 is 26.8. The first-order chi connectivity index (χ1) is 9.40. The van der Waals surface area contributed by atoms with E-state index in [0.29, 0.717) is 5.56 Å². The van der Waals surface area contributed by atoms with Crippen molar-refractivity contribution in [2.24, 2.45) is 0 Å². The maximum absolute atomic E-state index is 12.2. The third-order valence-electron chi connectivity index (χ3n) is 2.64. The van der Waals surface area contributed by atoms with E-state index < -0.39 is 16.0 Å².